The van der Waals surface area contributed by atoms with E-state index >= 15 is 0 Å². The van der Waals surface area contributed by atoms with E-state index in [4.69, 9.17) is 4.74 Å². The molecule has 29 heavy (non-hydrogen) atoms. The number of aromatic nitrogens is 1. The molecular weight excluding hydrogens is 368 g/mol. The maximum absolute atomic E-state index is 13.4. The number of ether oxygens (including phenoxy) is 1. The Morgan fingerprint density at radius 2 is 1.83 bits per heavy atom. The first-order valence-corrected chi connectivity index (χ1v) is 10.8. The minimum atomic E-state index is -0.559. The SMILES string of the molecule is CCCN(C(=O)CCC1CCCC1)[C@H](C)C(=O)c1c(C)c(C(=O)OC)n(C)c1C. The molecule has 1 amide bonds. The number of Topliss-reactive ketones (excluding diaryl/α,β-unsaturated/α-hetero) is 1. The maximum atomic E-state index is 13.4. The molecule has 6 heteroatoms. The number of rotatable bonds is 9. The van der Waals surface area contributed by atoms with Crippen molar-refractivity contribution in [1.29, 1.82) is 0 Å². The van der Waals surface area contributed by atoms with Gasteiger partial charge in [0.2, 0.25) is 5.91 Å². The number of methoxy groups -OCH3 is 1. The zero-order valence-electron chi connectivity index (χ0n) is 18.8. The van der Waals surface area contributed by atoms with Crippen LogP contribution in [0.1, 0.15) is 90.9 Å². The van der Waals surface area contributed by atoms with Crippen LogP contribution in [0.4, 0.5) is 0 Å². The molecule has 1 aliphatic rings. The summed E-state index contributed by atoms with van der Waals surface area (Å²) in [6.07, 6.45) is 7.18. The van der Waals surface area contributed by atoms with Crippen molar-refractivity contribution in [3.05, 3.63) is 22.5 Å². The number of hydrogen-bond donors (Lipinski definition) is 0. The highest BCUT2D eigenvalue weighted by molar-refractivity contribution is 6.06. The van der Waals surface area contributed by atoms with E-state index in [1.807, 2.05) is 13.8 Å². The lowest BCUT2D eigenvalue weighted by Gasteiger charge is -2.29. The fourth-order valence-corrected chi connectivity index (χ4v) is 4.62. The minimum absolute atomic E-state index is 0.0547. The lowest BCUT2D eigenvalue weighted by Crippen LogP contribution is -2.44. The lowest BCUT2D eigenvalue weighted by molar-refractivity contribution is -0.132. The van der Waals surface area contributed by atoms with Crippen molar-refractivity contribution in [2.45, 2.75) is 78.7 Å². The van der Waals surface area contributed by atoms with Crippen molar-refractivity contribution in [2.24, 2.45) is 13.0 Å². The Labute approximate surface area is 174 Å². The molecule has 162 valence electrons. The second-order valence-electron chi connectivity index (χ2n) is 8.30. The van der Waals surface area contributed by atoms with Crippen LogP contribution in [0.2, 0.25) is 0 Å². The smallest absolute Gasteiger partial charge is 0.354 e. The minimum Gasteiger partial charge on any atom is -0.464 e. The summed E-state index contributed by atoms with van der Waals surface area (Å²) in [5.74, 6) is 0.125. The first kappa shape index (κ1) is 23.2. The van der Waals surface area contributed by atoms with E-state index < -0.39 is 12.0 Å². The molecule has 0 N–H and O–H groups in total. The molecule has 0 spiro atoms. The Kier molecular flexibility index (Phi) is 8.05. The van der Waals surface area contributed by atoms with Crippen molar-refractivity contribution >= 4 is 17.7 Å². The number of esters is 1. The van der Waals surface area contributed by atoms with Gasteiger partial charge in [0.25, 0.3) is 0 Å². The van der Waals surface area contributed by atoms with Gasteiger partial charge in [-0.25, -0.2) is 4.79 Å². The molecule has 6 nitrogen and oxygen atoms in total. The maximum Gasteiger partial charge on any atom is 0.354 e. The predicted molar refractivity (Wildman–Crippen MR) is 113 cm³/mol. The van der Waals surface area contributed by atoms with Gasteiger partial charge in [-0.1, -0.05) is 32.6 Å². The second-order valence-corrected chi connectivity index (χ2v) is 8.30. The van der Waals surface area contributed by atoms with Crippen LogP contribution >= 0.6 is 0 Å². The standard InChI is InChI=1S/C23H36N2O4/c1-7-14-25(19(26)13-12-18-10-8-9-11-18)17(4)22(27)20-15(2)21(23(28)29-6)24(5)16(20)3/h17-18H,7-14H2,1-6H3/t17-/m1/s1. The summed E-state index contributed by atoms with van der Waals surface area (Å²) in [4.78, 5) is 40.2. The normalized spacial score (nSPS) is 15.4. The van der Waals surface area contributed by atoms with Crippen LogP contribution in [0.15, 0.2) is 0 Å². The van der Waals surface area contributed by atoms with E-state index in [1.165, 1.54) is 32.8 Å². The van der Waals surface area contributed by atoms with Gasteiger partial charge in [0.1, 0.15) is 5.69 Å². The van der Waals surface area contributed by atoms with E-state index in [2.05, 4.69) is 0 Å². The van der Waals surface area contributed by atoms with Crippen LogP contribution in [0.5, 0.6) is 0 Å². The first-order valence-electron chi connectivity index (χ1n) is 10.8. The highest BCUT2D eigenvalue weighted by atomic mass is 16.5. The predicted octanol–water partition coefficient (Wildman–Crippen LogP) is 4.21. The van der Waals surface area contributed by atoms with Crippen molar-refractivity contribution in [1.82, 2.24) is 9.47 Å². The summed E-state index contributed by atoms with van der Waals surface area (Å²) in [5, 5.41) is 0. The molecule has 0 unspecified atom stereocenters. The van der Waals surface area contributed by atoms with E-state index in [0.29, 0.717) is 35.7 Å². The summed E-state index contributed by atoms with van der Waals surface area (Å²) in [5.41, 5.74) is 2.23. The Morgan fingerprint density at radius 1 is 1.21 bits per heavy atom. The Hall–Kier alpha value is -2.11. The van der Waals surface area contributed by atoms with Crippen LogP contribution in [0, 0.1) is 19.8 Å². The fourth-order valence-electron chi connectivity index (χ4n) is 4.62. The molecule has 1 saturated carbocycles. The van der Waals surface area contributed by atoms with Crippen LogP contribution in [-0.4, -0.2) is 46.8 Å². The number of carbonyl (C=O) groups is 3. The molecule has 0 aliphatic heterocycles. The average Bonchev–Trinajstić information content (AvgIpc) is 3.29. The van der Waals surface area contributed by atoms with E-state index in [1.54, 1.807) is 30.4 Å². The van der Waals surface area contributed by atoms with Crippen LogP contribution < -0.4 is 0 Å². The van der Waals surface area contributed by atoms with Gasteiger partial charge in [-0.2, -0.15) is 0 Å². The number of amides is 1. The number of hydrogen-bond acceptors (Lipinski definition) is 4. The number of nitrogens with zero attached hydrogens (tertiary/aromatic N) is 2. The van der Waals surface area contributed by atoms with E-state index in [0.717, 1.165) is 18.5 Å². The average molecular weight is 405 g/mol. The molecular formula is C23H36N2O4. The van der Waals surface area contributed by atoms with Crippen molar-refractivity contribution < 1.29 is 19.1 Å². The molecule has 2 rings (SSSR count). The topological polar surface area (TPSA) is 68.6 Å². The van der Waals surface area contributed by atoms with Gasteiger partial charge in [-0.05, 0) is 45.1 Å². The van der Waals surface area contributed by atoms with E-state index in [-0.39, 0.29) is 11.7 Å². The number of carbonyl (C=O) groups excluding carboxylic acids is 3. The third-order valence-corrected chi connectivity index (χ3v) is 6.43. The largest absolute Gasteiger partial charge is 0.464 e. The number of ketones is 1. The molecule has 1 heterocycles. The molecule has 1 aromatic heterocycles. The third kappa shape index (κ3) is 4.90. The molecule has 1 aliphatic carbocycles. The molecule has 1 fully saturated rings. The fraction of sp³-hybridized carbons (Fsp3) is 0.696. The summed E-state index contributed by atoms with van der Waals surface area (Å²) in [6, 6.07) is -0.559. The summed E-state index contributed by atoms with van der Waals surface area (Å²) in [7, 11) is 3.09. The molecule has 0 bridgehead atoms. The molecule has 0 aromatic carbocycles. The quantitative estimate of drug-likeness (QED) is 0.457. The van der Waals surface area contributed by atoms with Crippen molar-refractivity contribution in [3.8, 4) is 0 Å². The van der Waals surface area contributed by atoms with Gasteiger partial charge < -0.3 is 14.2 Å². The molecule has 1 atom stereocenters. The highest BCUT2D eigenvalue weighted by Crippen LogP contribution is 2.29. The Balaban J connectivity index is 2.22. The first-order chi connectivity index (χ1) is 13.7. The van der Waals surface area contributed by atoms with Gasteiger partial charge >= 0.3 is 5.97 Å². The molecule has 0 saturated heterocycles. The van der Waals surface area contributed by atoms with E-state index in [9.17, 15) is 14.4 Å². The van der Waals surface area contributed by atoms with Crippen molar-refractivity contribution in [2.75, 3.05) is 13.7 Å². The summed E-state index contributed by atoms with van der Waals surface area (Å²) in [6.45, 7) is 7.97. The summed E-state index contributed by atoms with van der Waals surface area (Å²) < 4.78 is 6.58. The van der Waals surface area contributed by atoms with Crippen LogP contribution in [0.3, 0.4) is 0 Å². The van der Waals surface area contributed by atoms with Gasteiger partial charge in [0.05, 0.1) is 13.2 Å². The Morgan fingerprint density at radius 3 is 2.38 bits per heavy atom. The van der Waals surface area contributed by atoms with Gasteiger partial charge in [0, 0.05) is 31.3 Å². The molecule has 0 radical (unpaired) electrons. The zero-order valence-corrected chi connectivity index (χ0v) is 18.8. The van der Waals surface area contributed by atoms with Gasteiger partial charge in [0.15, 0.2) is 5.78 Å². The monoisotopic (exact) mass is 404 g/mol. The lowest BCUT2D eigenvalue weighted by atomic mass is 9.98. The van der Waals surface area contributed by atoms with Crippen LogP contribution in [0.25, 0.3) is 0 Å². The Bertz CT molecular complexity index is 759. The third-order valence-electron chi connectivity index (χ3n) is 6.43. The van der Waals surface area contributed by atoms with Gasteiger partial charge in [-0.3, -0.25) is 9.59 Å². The summed E-state index contributed by atoms with van der Waals surface area (Å²) >= 11 is 0. The zero-order chi connectivity index (χ0) is 21.7. The second kappa shape index (κ2) is 10.1. The van der Waals surface area contributed by atoms with Crippen LogP contribution in [-0.2, 0) is 16.6 Å². The van der Waals surface area contributed by atoms with Crippen molar-refractivity contribution in [3.63, 3.8) is 0 Å². The van der Waals surface area contributed by atoms with Gasteiger partial charge in [-0.15, -0.1) is 0 Å². The molecule has 1 aromatic rings. The highest BCUT2D eigenvalue weighted by Gasteiger charge is 2.32.